The molecule has 44 heavy (non-hydrogen) atoms. The average Bonchev–Trinajstić information content (AvgIpc) is 3.28. The van der Waals surface area contributed by atoms with Crippen LogP contribution >= 0.6 is 0 Å². The Bertz CT molecular complexity index is 1570. The number of methoxy groups -OCH3 is 2. The van der Waals surface area contributed by atoms with Crippen LogP contribution in [0.4, 0.5) is 4.39 Å². The van der Waals surface area contributed by atoms with Gasteiger partial charge in [0.2, 0.25) is 11.7 Å². The van der Waals surface area contributed by atoms with Crippen molar-refractivity contribution in [3.8, 4) is 17.2 Å². The Kier molecular flexibility index (Phi) is 9.65. The number of hydrogen-bond donors (Lipinski definition) is 1. The molecule has 3 aromatic rings. The van der Waals surface area contributed by atoms with E-state index < -0.39 is 0 Å². The molecule has 2 aliphatic rings. The maximum atomic E-state index is 14.4. The van der Waals surface area contributed by atoms with Gasteiger partial charge < -0.3 is 29.3 Å². The number of likely N-dealkylation sites (N-methyl/N-ethyl adjacent to an activating group) is 1. The summed E-state index contributed by atoms with van der Waals surface area (Å²) >= 11 is 0. The zero-order valence-electron chi connectivity index (χ0n) is 25.6. The van der Waals surface area contributed by atoms with E-state index in [1.54, 1.807) is 11.0 Å². The quantitative estimate of drug-likeness (QED) is 0.352. The lowest BCUT2D eigenvalue weighted by Gasteiger charge is -2.32. The Balaban J connectivity index is 1.39. The number of nitrogens with one attached hydrogen (secondary N) is 1. The van der Waals surface area contributed by atoms with Crippen LogP contribution in [-0.2, 0) is 16.1 Å². The van der Waals surface area contributed by atoms with Crippen molar-refractivity contribution in [2.24, 2.45) is 0 Å². The minimum atomic E-state index is -0.365. The summed E-state index contributed by atoms with van der Waals surface area (Å²) in [5.41, 5.74) is 5.83. The number of halogens is 1. The third-order valence-electron chi connectivity index (χ3n) is 8.11. The highest BCUT2D eigenvalue weighted by Crippen LogP contribution is 2.45. The Morgan fingerprint density at radius 2 is 1.61 bits per heavy atom. The highest BCUT2D eigenvalue weighted by atomic mass is 19.1. The molecule has 1 heterocycles. The maximum Gasteiger partial charge on any atom is 0.260 e. The first kappa shape index (κ1) is 30.8. The molecule has 0 atom stereocenters. The molecule has 1 N–H and O–H groups in total. The van der Waals surface area contributed by atoms with E-state index in [1.807, 2.05) is 62.5 Å². The molecule has 9 heteroatoms. The normalized spacial score (nSPS) is 15.8. The Morgan fingerprint density at radius 3 is 2.27 bits per heavy atom. The van der Waals surface area contributed by atoms with Crippen molar-refractivity contribution in [3.05, 3.63) is 94.3 Å². The van der Waals surface area contributed by atoms with E-state index in [0.717, 1.165) is 46.5 Å². The van der Waals surface area contributed by atoms with Gasteiger partial charge in [-0.05, 0) is 83.3 Å². The first-order valence-electron chi connectivity index (χ1n) is 14.6. The molecule has 0 radical (unpaired) electrons. The lowest BCUT2D eigenvalue weighted by molar-refractivity contribution is -0.135. The molecule has 0 saturated carbocycles. The van der Waals surface area contributed by atoms with Gasteiger partial charge in [0.15, 0.2) is 18.1 Å². The number of piperazine rings is 1. The van der Waals surface area contributed by atoms with Gasteiger partial charge in [0.1, 0.15) is 5.82 Å². The van der Waals surface area contributed by atoms with E-state index in [0.29, 0.717) is 42.4 Å². The number of allylic oxidation sites excluding steroid dienone is 2. The van der Waals surface area contributed by atoms with Crippen molar-refractivity contribution in [1.82, 2.24) is 15.1 Å². The molecule has 2 amide bonds. The molecule has 5 rings (SSSR count). The zero-order chi connectivity index (χ0) is 31.2. The highest BCUT2D eigenvalue weighted by molar-refractivity contribution is 6.08. The molecule has 3 aromatic carbocycles. The van der Waals surface area contributed by atoms with Crippen molar-refractivity contribution in [3.63, 3.8) is 0 Å². The smallest absolute Gasteiger partial charge is 0.260 e. The number of amides is 2. The van der Waals surface area contributed by atoms with E-state index in [-0.39, 0.29) is 30.7 Å². The summed E-state index contributed by atoms with van der Waals surface area (Å²) in [7, 11) is 5.10. The molecule has 1 fully saturated rings. The molecule has 0 unspecified atom stereocenters. The number of fused-ring (bicyclic) bond motifs is 1. The average molecular weight is 600 g/mol. The lowest BCUT2D eigenvalue weighted by Crippen LogP contribution is -2.48. The summed E-state index contributed by atoms with van der Waals surface area (Å²) in [5.74, 6) is 0.580. The first-order chi connectivity index (χ1) is 21.3. The summed E-state index contributed by atoms with van der Waals surface area (Å²) in [6, 6.07) is 18.0. The predicted octanol–water partition coefficient (Wildman–Crippen LogP) is 5.03. The predicted molar refractivity (Wildman–Crippen MR) is 169 cm³/mol. The van der Waals surface area contributed by atoms with Gasteiger partial charge in [0, 0.05) is 32.7 Å². The second-order valence-corrected chi connectivity index (χ2v) is 11.0. The Hall–Kier alpha value is -4.63. The molecule has 8 nitrogen and oxygen atoms in total. The monoisotopic (exact) mass is 599 g/mol. The van der Waals surface area contributed by atoms with E-state index in [9.17, 15) is 14.0 Å². The molecule has 0 aromatic heterocycles. The van der Waals surface area contributed by atoms with Crippen molar-refractivity contribution < 1.29 is 28.2 Å². The number of rotatable bonds is 10. The van der Waals surface area contributed by atoms with Gasteiger partial charge in [-0.15, -0.1) is 0 Å². The van der Waals surface area contributed by atoms with Crippen molar-refractivity contribution in [1.29, 1.82) is 0 Å². The summed E-state index contributed by atoms with van der Waals surface area (Å²) < 4.78 is 31.7. The molecule has 0 bridgehead atoms. The molecule has 1 aliphatic carbocycles. The van der Waals surface area contributed by atoms with E-state index in [2.05, 4.69) is 10.2 Å². The topological polar surface area (TPSA) is 80.3 Å². The zero-order valence-corrected chi connectivity index (χ0v) is 25.6. The van der Waals surface area contributed by atoms with Crippen LogP contribution in [0, 0.1) is 5.82 Å². The fourth-order valence-corrected chi connectivity index (χ4v) is 5.57. The number of benzene rings is 3. The fraction of sp³-hybridized carbons (Fsp3) is 0.314. The summed E-state index contributed by atoms with van der Waals surface area (Å²) in [6.45, 7) is 5.20. The van der Waals surface area contributed by atoms with Gasteiger partial charge in [-0.1, -0.05) is 36.4 Å². The van der Waals surface area contributed by atoms with E-state index >= 15 is 0 Å². The molecular weight excluding hydrogens is 561 g/mol. The number of carbonyl (C=O) groups is 2. The largest absolute Gasteiger partial charge is 0.493 e. The minimum absolute atomic E-state index is 0.0932. The number of hydrogen-bond acceptors (Lipinski definition) is 6. The van der Waals surface area contributed by atoms with Crippen LogP contribution in [0.2, 0.25) is 0 Å². The first-order valence-corrected chi connectivity index (χ1v) is 14.6. The van der Waals surface area contributed by atoms with Crippen LogP contribution in [0.25, 0.3) is 17.2 Å². The third kappa shape index (κ3) is 6.94. The van der Waals surface area contributed by atoms with Crippen LogP contribution in [0.15, 0.2) is 66.2 Å². The second-order valence-electron chi connectivity index (χ2n) is 11.0. The van der Waals surface area contributed by atoms with E-state index in [1.165, 1.54) is 26.4 Å². The molecule has 0 spiro atoms. The van der Waals surface area contributed by atoms with Gasteiger partial charge >= 0.3 is 0 Å². The van der Waals surface area contributed by atoms with Gasteiger partial charge in [0.25, 0.3) is 5.91 Å². The van der Waals surface area contributed by atoms with Crippen LogP contribution in [-0.4, -0.2) is 75.7 Å². The standard InChI is InChI=1S/C35H38FN3O5/c1-23-28(27-11-10-26(36)19-30(27)29(23)20-33(40)37-21-24-8-6-5-7-9-24)16-25-17-31(42-3)35(32(18-25)43-4)44-22-34(41)39-14-12-38(2)13-15-39/h5-11,16-19H,12-15,20-22H2,1-4H3,(H,37,40)/b28-16-. The lowest BCUT2D eigenvalue weighted by atomic mass is 10.00. The van der Waals surface area contributed by atoms with Gasteiger partial charge in [0.05, 0.1) is 20.6 Å². The van der Waals surface area contributed by atoms with E-state index in [4.69, 9.17) is 14.2 Å². The Labute approximate surface area is 257 Å². The van der Waals surface area contributed by atoms with Crippen molar-refractivity contribution in [2.45, 2.75) is 19.9 Å². The molecule has 230 valence electrons. The van der Waals surface area contributed by atoms with Gasteiger partial charge in [-0.25, -0.2) is 4.39 Å². The Morgan fingerprint density at radius 1 is 0.932 bits per heavy atom. The molecular formula is C35H38FN3O5. The van der Waals surface area contributed by atoms with Crippen LogP contribution in [0.1, 0.15) is 35.6 Å². The SMILES string of the molecule is COc1cc(/C=C2/C(C)=C(CC(=O)NCc3ccccc3)c3cc(F)ccc32)cc(OC)c1OCC(=O)N1CCN(C)CC1. The van der Waals surface area contributed by atoms with Crippen LogP contribution < -0.4 is 19.5 Å². The minimum Gasteiger partial charge on any atom is -0.493 e. The third-order valence-corrected chi connectivity index (χ3v) is 8.11. The van der Waals surface area contributed by atoms with Gasteiger partial charge in [-0.2, -0.15) is 0 Å². The van der Waals surface area contributed by atoms with Crippen molar-refractivity contribution in [2.75, 3.05) is 54.1 Å². The highest BCUT2D eigenvalue weighted by Gasteiger charge is 2.27. The fourth-order valence-electron chi connectivity index (χ4n) is 5.57. The molecule has 1 saturated heterocycles. The van der Waals surface area contributed by atoms with Gasteiger partial charge in [-0.3, -0.25) is 9.59 Å². The van der Waals surface area contributed by atoms with Crippen molar-refractivity contribution >= 4 is 29.0 Å². The van der Waals surface area contributed by atoms with Crippen LogP contribution in [0.3, 0.4) is 0 Å². The number of ether oxygens (including phenoxy) is 3. The summed E-state index contributed by atoms with van der Waals surface area (Å²) in [6.07, 6.45) is 2.08. The molecule has 1 aliphatic heterocycles. The number of carbonyl (C=O) groups excluding carboxylic acids is 2. The summed E-state index contributed by atoms with van der Waals surface area (Å²) in [4.78, 5) is 29.8. The number of nitrogens with zero attached hydrogens (tertiary/aromatic N) is 2. The van der Waals surface area contributed by atoms with Crippen LogP contribution in [0.5, 0.6) is 17.2 Å². The summed E-state index contributed by atoms with van der Waals surface area (Å²) in [5, 5.41) is 2.97. The second kappa shape index (κ2) is 13.8. The maximum absolute atomic E-state index is 14.4.